The van der Waals surface area contributed by atoms with Gasteiger partial charge in [-0.1, -0.05) is 6.07 Å². The second-order valence-corrected chi connectivity index (χ2v) is 7.34. The zero-order valence-corrected chi connectivity index (χ0v) is 14.6. The minimum atomic E-state index is -0.0686. The zero-order chi connectivity index (χ0) is 17.2. The summed E-state index contributed by atoms with van der Waals surface area (Å²) in [6.45, 7) is 2.40. The molecule has 25 heavy (non-hydrogen) atoms. The van der Waals surface area contributed by atoms with E-state index < -0.39 is 0 Å². The third-order valence-corrected chi connectivity index (χ3v) is 5.65. The molecule has 132 valence electrons. The maximum Gasteiger partial charge on any atom is 0.240 e. The highest BCUT2D eigenvalue weighted by Crippen LogP contribution is 2.16. The number of nitrogens with one attached hydrogen (secondary N) is 1. The Morgan fingerprint density at radius 3 is 2.80 bits per heavy atom. The molecule has 1 aromatic carbocycles. The van der Waals surface area contributed by atoms with Gasteiger partial charge in [0.15, 0.2) is 12.0 Å². The Balaban J connectivity index is 1.32. The fourth-order valence-electron chi connectivity index (χ4n) is 3.25. The Labute approximate surface area is 149 Å². The molecule has 8 heteroatoms. The zero-order valence-electron chi connectivity index (χ0n) is 13.8. The average molecular weight is 360 g/mol. The molecule has 0 aliphatic carbocycles. The van der Waals surface area contributed by atoms with Gasteiger partial charge in [-0.15, -0.1) is 11.8 Å². The van der Waals surface area contributed by atoms with E-state index in [1.165, 1.54) is 6.39 Å². The summed E-state index contributed by atoms with van der Waals surface area (Å²) in [7, 11) is 0. The summed E-state index contributed by atoms with van der Waals surface area (Å²) in [4.78, 5) is 32.7. The van der Waals surface area contributed by atoms with Crippen LogP contribution in [0.15, 0.2) is 29.0 Å². The van der Waals surface area contributed by atoms with E-state index in [1.54, 1.807) is 11.8 Å². The fraction of sp³-hybridized carbons (Fsp3) is 0.471. The maximum atomic E-state index is 12.5. The highest BCUT2D eigenvalue weighted by atomic mass is 32.2. The number of fused-ring (bicyclic) bond motifs is 1. The van der Waals surface area contributed by atoms with E-state index in [0.29, 0.717) is 38.2 Å². The second-order valence-electron chi connectivity index (χ2n) is 6.31. The van der Waals surface area contributed by atoms with Crippen molar-refractivity contribution in [3.63, 3.8) is 0 Å². The monoisotopic (exact) mass is 360 g/mol. The van der Waals surface area contributed by atoms with Crippen molar-refractivity contribution in [1.82, 2.24) is 20.1 Å². The number of carbonyl (C=O) groups excluding carboxylic acids is 2. The standard InChI is InChI=1S/C17H20N4O3S/c22-16(8-12-1-2-13-15(7-12)24-10-18-13)20-3-5-21(6-4-20)17(23)14-9-25-11-19-14/h1-2,7,10,14,19H,3-6,8-9,11H2. The normalized spacial score (nSPS) is 21.0. The van der Waals surface area contributed by atoms with Crippen LogP contribution in [0, 0.1) is 0 Å². The molecule has 2 aliphatic rings. The lowest BCUT2D eigenvalue weighted by Gasteiger charge is -2.36. The van der Waals surface area contributed by atoms with E-state index in [1.807, 2.05) is 28.0 Å². The molecule has 1 atom stereocenters. The summed E-state index contributed by atoms with van der Waals surface area (Å²) in [6, 6.07) is 5.57. The first-order chi connectivity index (χ1) is 12.2. The van der Waals surface area contributed by atoms with Gasteiger partial charge in [-0.2, -0.15) is 0 Å². The van der Waals surface area contributed by atoms with Gasteiger partial charge in [0.2, 0.25) is 11.8 Å². The summed E-state index contributed by atoms with van der Waals surface area (Å²) in [5.74, 6) is 1.92. The second kappa shape index (κ2) is 7.05. The Bertz CT molecular complexity index is 779. The predicted molar refractivity (Wildman–Crippen MR) is 95.1 cm³/mol. The molecular formula is C17H20N4O3S. The van der Waals surface area contributed by atoms with Crippen molar-refractivity contribution in [2.24, 2.45) is 0 Å². The number of hydrogen-bond acceptors (Lipinski definition) is 6. The first-order valence-electron chi connectivity index (χ1n) is 8.40. The molecule has 2 aliphatic heterocycles. The quantitative estimate of drug-likeness (QED) is 0.868. The molecule has 0 radical (unpaired) electrons. The minimum absolute atomic E-state index is 0.0686. The smallest absolute Gasteiger partial charge is 0.240 e. The molecule has 4 rings (SSSR count). The average Bonchev–Trinajstić information content (AvgIpc) is 3.32. The van der Waals surface area contributed by atoms with Crippen LogP contribution >= 0.6 is 11.8 Å². The van der Waals surface area contributed by atoms with Crippen LogP contribution in [-0.2, 0) is 16.0 Å². The summed E-state index contributed by atoms with van der Waals surface area (Å²) < 4.78 is 5.29. The molecule has 2 amide bonds. The molecule has 1 unspecified atom stereocenters. The van der Waals surface area contributed by atoms with Gasteiger partial charge in [-0.25, -0.2) is 4.98 Å². The van der Waals surface area contributed by atoms with Crippen LogP contribution < -0.4 is 5.32 Å². The predicted octanol–water partition coefficient (Wildman–Crippen LogP) is 0.704. The molecule has 3 heterocycles. The number of nitrogens with zero attached hydrogens (tertiary/aromatic N) is 3. The van der Waals surface area contributed by atoms with Crippen LogP contribution in [0.5, 0.6) is 0 Å². The highest BCUT2D eigenvalue weighted by Gasteiger charge is 2.30. The van der Waals surface area contributed by atoms with Gasteiger partial charge >= 0.3 is 0 Å². The van der Waals surface area contributed by atoms with Gasteiger partial charge in [0.25, 0.3) is 0 Å². The number of aromatic nitrogens is 1. The number of oxazole rings is 1. The molecule has 2 saturated heterocycles. The van der Waals surface area contributed by atoms with Crippen molar-refractivity contribution in [3.05, 3.63) is 30.2 Å². The van der Waals surface area contributed by atoms with Crippen LogP contribution in [-0.4, -0.2) is 70.4 Å². The summed E-state index contributed by atoms with van der Waals surface area (Å²) in [5, 5.41) is 3.21. The number of thioether (sulfide) groups is 1. The molecule has 7 nitrogen and oxygen atoms in total. The van der Waals surface area contributed by atoms with Crippen molar-refractivity contribution >= 4 is 34.7 Å². The lowest BCUT2D eigenvalue weighted by Crippen LogP contribution is -2.54. The summed E-state index contributed by atoms with van der Waals surface area (Å²) in [5.41, 5.74) is 2.41. The van der Waals surface area contributed by atoms with Gasteiger partial charge in [0, 0.05) is 37.8 Å². The summed E-state index contributed by atoms with van der Waals surface area (Å²) >= 11 is 1.75. The largest absolute Gasteiger partial charge is 0.443 e. The Hall–Kier alpha value is -2.06. The Morgan fingerprint density at radius 1 is 1.24 bits per heavy atom. The maximum absolute atomic E-state index is 12.5. The third-order valence-electron chi connectivity index (χ3n) is 4.71. The van der Waals surface area contributed by atoms with Crippen molar-refractivity contribution in [1.29, 1.82) is 0 Å². The molecule has 1 aromatic heterocycles. The first kappa shape index (κ1) is 16.4. The number of rotatable bonds is 3. The van der Waals surface area contributed by atoms with Crippen LogP contribution in [0.3, 0.4) is 0 Å². The van der Waals surface area contributed by atoms with Crippen molar-refractivity contribution in [2.75, 3.05) is 37.8 Å². The third kappa shape index (κ3) is 3.50. The van der Waals surface area contributed by atoms with Gasteiger partial charge in [0.05, 0.1) is 12.5 Å². The van der Waals surface area contributed by atoms with Crippen molar-refractivity contribution in [2.45, 2.75) is 12.5 Å². The Kier molecular flexibility index (Phi) is 4.63. The SMILES string of the molecule is O=C(Cc1ccc2ncoc2c1)N1CCN(C(=O)C2CSCN2)CC1. The van der Waals surface area contributed by atoms with Crippen molar-refractivity contribution < 1.29 is 14.0 Å². The van der Waals surface area contributed by atoms with E-state index in [0.717, 1.165) is 22.7 Å². The van der Waals surface area contributed by atoms with Gasteiger partial charge < -0.3 is 14.2 Å². The minimum Gasteiger partial charge on any atom is -0.443 e. The van der Waals surface area contributed by atoms with Gasteiger partial charge in [-0.05, 0) is 17.7 Å². The molecule has 0 saturated carbocycles. The van der Waals surface area contributed by atoms with Gasteiger partial charge in [-0.3, -0.25) is 14.9 Å². The molecule has 2 aromatic rings. The molecule has 0 spiro atoms. The van der Waals surface area contributed by atoms with Gasteiger partial charge in [0.1, 0.15) is 5.52 Å². The van der Waals surface area contributed by atoms with E-state index in [2.05, 4.69) is 10.3 Å². The van der Waals surface area contributed by atoms with E-state index in [4.69, 9.17) is 4.42 Å². The van der Waals surface area contributed by atoms with Crippen molar-refractivity contribution in [3.8, 4) is 0 Å². The number of piperazine rings is 1. The van der Waals surface area contributed by atoms with E-state index in [9.17, 15) is 9.59 Å². The van der Waals surface area contributed by atoms with Crippen LogP contribution in [0.25, 0.3) is 11.1 Å². The van der Waals surface area contributed by atoms with Crippen LogP contribution in [0.4, 0.5) is 0 Å². The summed E-state index contributed by atoms with van der Waals surface area (Å²) in [6.07, 6.45) is 1.75. The topological polar surface area (TPSA) is 78.7 Å². The molecular weight excluding hydrogens is 340 g/mol. The molecule has 1 N–H and O–H groups in total. The molecule has 2 fully saturated rings. The first-order valence-corrected chi connectivity index (χ1v) is 9.56. The Morgan fingerprint density at radius 2 is 2.04 bits per heavy atom. The lowest BCUT2D eigenvalue weighted by atomic mass is 10.1. The van der Waals surface area contributed by atoms with Crippen LogP contribution in [0.2, 0.25) is 0 Å². The van der Waals surface area contributed by atoms with E-state index >= 15 is 0 Å². The number of hydrogen-bond donors (Lipinski definition) is 1. The lowest BCUT2D eigenvalue weighted by molar-refractivity contribution is -0.140. The fourth-order valence-corrected chi connectivity index (χ4v) is 4.18. The van der Waals surface area contributed by atoms with Crippen LogP contribution in [0.1, 0.15) is 5.56 Å². The number of amides is 2. The number of benzene rings is 1. The number of carbonyl (C=O) groups is 2. The van der Waals surface area contributed by atoms with E-state index in [-0.39, 0.29) is 17.9 Å². The molecule has 0 bridgehead atoms. The highest BCUT2D eigenvalue weighted by molar-refractivity contribution is 7.99.